The molecule has 0 saturated carbocycles. The lowest BCUT2D eigenvalue weighted by Gasteiger charge is -2.18. The minimum Gasteiger partial charge on any atom is -0.497 e. The minimum atomic E-state index is -0.391. The maximum atomic E-state index is 12.0. The van der Waals surface area contributed by atoms with Crippen LogP contribution in [-0.4, -0.2) is 44.4 Å². The molecule has 3 atom stereocenters. The summed E-state index contributed by atoms with van der Waals surface area (Å²) in [6, 6.07) is 7.38. The number of amides is 1. The Balaban J connectivity index is 0.00000264. The Bertz CT molecular complexity index is 501. The Morgan fingerprint density at radius 1 is 1.43 bits per heavy atom. The molecule has 3 N–H and O–H groups in total. The van der Waals surface area contributed by atoms with Gasteiger partial charge in [0.25, 0.3) is 0 Å². The van der Waals surface area contributed by atoms with Gasteiger partial charge in [0.15, 0.2) is 0 Å². The molecule has 7 heteroatoms. The van der Waals surface area contributed by atoms with Gasteiger partial charge in [-0.1, -0.05) is 6.07 Å². The van der Waals surface area contributed by atoms with Crippen LogP contribution in [0.5, 0.6) is 11.5 Å². The van der Waals surface area contributed by atoms with Crippen LogP contribution in [0.2, 0.25) is 0 Å². The summed E-state index contributed by atoms with van der Waals surface area (Å²) in [4.78, 5) is 12.0. The highest BCUT2D eigenvalue weighted by atomic mass is 35.5. The molecule has 1 aromatic carbocycles. The van der Waals surface area contributed by atoms with E-state index < -0.39 is 6.10 Å². The fraction of sp³-hybridized carbons (Fsp3) is 0.562. The molecule has 1 heterocycles. The first-order chi connectivity index (χ1) is 10.6. The summed E-state index contributed by atoms with van der Waals surface area (Å²) in [7, 11) is 1.61. The molecule has 0 radical (unpaired) electrons. The summed E-state index contributed by atoms with van der Waals surface area (Å²) in [5.74, 6) is 1.35. The zero-order chi connectivity index (χ0) is 15.9. The van der Waals surface area contributed by atoms with Crippen LogP contribution in [0.3, 0.4) is 0 Å². The van der Waals surface area contributed by atoms with Crippen LogP contribution in [0.15, 0.2) is 24.3 Å². The van der Waals surface area contributed by atoms with Crippen molar-refractivity contribution < 1.29 is 19.0 Å². The van der Waals surface area contributed by atoms with Crippen LogP contribution in [0.25, 0.3) is 0 Å². The van der Waals surface area contributed by atoms with E-state index in [1.807, 2.05) is 31.2 Å². The molecule has 1 unspecified atom stereocenters. The lowest BCUT2D eigenvalue weighted by molar-refractivity contribution is -0.132. The van der Waals surface area contributed by atoms with Crippen molar-refractivity contribution >= 4 is 18.3 Å². The highest BCUT2D eigenvalue weighted by molar-refractivity contribution is 5.85. The van der Waals surface area contributed by atoms with Crippen molar-refractivity contribution in [2.75, 3.05) is 20.2 Å². The van der Waals surface area contributed by atoms with Gasteiger partial charge in [0.05, 0.1) is 19.8 Å². The van der Waals surface area contributed by atoms with E-state index in [1.165, 1.54) is 0 Å². The normalized spacial score (nSPS) is 21.2. The molecule has 1 amide bonds. The summed E-state index contributed by atoms with van der Waals surface area (Å²) in [6.45, 7) is 2.78. The van der Waals surface area contributed by atoms with E-state index in [9.17, 15) is 4.79 Å². The number of carbonyl (C=O) groups is 1. The molecule has 130 valence electrons. The standard InChI is InChI=1S/C16H24N2O4.ClH/c1-11(21-13-5-3-4-12(8-13)20-2)10-18-16(19)15-7-6-14(9-17)22-15;/h3-5,8,11,14-15H,6-7,9-10,17H2,1-2H3,(H,18,19);1H/t11?,14-,15+;/m1./s1. The van der Waals surface area contributed by atoms with Crippen LogP contribution in [-0.2, 0) is 9.53 Å². The van der Waals surface area contributed by atoms with E-state index in [0.29, 0.717) is 18.8 Å². The van der Waals surface area contributed by atoms with Gasteiger partial charge in [-0.25, -0.2) is 0 Å². The maximum Gasteiger partial charge on any atom is 0.249 e. The lowest BCUT2D eigenvalue weighted by Crippen LogP contribution is -2.40. The predicted molar refractivity (Wildman–Crippen MR) is 90.3 cm³/mol. The molecular weight excluding hydrogens is 320 g/mol. The summed E-state index contributed by atoms with van der Waals surface area (Å²) < 4.78 is 16.5. The smallest absolute Gasteiger partial charge is 0.249 e. The van der Waals surface area contributed by atoms with Gasteiger partial charge in [-0.15, -0.1) is 12.4 Å². The van der Waals surface area contributed by atoms with Gasteiger partial charge < -0.3 is 25.3 Å². The number of benzene rings is 1. The molecule has 1 saturated heterocycles. The summed E-state index contributed by atoms with van der Waals surface area (Å²) in [5, 5.41) is 2.86. The first kappa shape index (κ1) is 19.5. The second kappa shape index (κ2) is 9.60. The number of nitrogens with two attached hydrogens (primary N) is 1. The minimum absolute atomic E-state index is 0. The molecule has 1 fully saturated rings. The van der Waals surface area contributed by atoms with Crippen molar-refractivity contribution in [3.63, 3.8) is 0 Å². The molecule has 1 aliphatic heterocycles. The van der Waals surface area contributed by atoms with Gasteiger partial charge in [0, 0.05) is 12.6 Å². The van der Waals surface area contributed by atoms with Crippen molar-refractivity contribution in [2.24, 2.45) is 5.73 Å². The average molecular weight is 345 g/mol. The molecular formula is C16H25ClN2O4. The summed E-state index contributed by atoms with van der Waals surface area (Å²) >= 11 is 0. The first-order valence-corrected chi connectivity index (χ1v) is 7.56. The Kier molecular flexibility index (Phi) is 8.16. The third-order valence-electron chi connectivity index (χ3n) is 3.61. The van der Waals surface area contributed by atoms with E-state index in [4.69, 9.17) is 19.9 Å². The van der Waals surface area contributed by atoms with Crippen molar-refractivity contribution in [3.05, 3.63) is 24.3 Å². The number of halogens is 1. The first-order valence-electron chi connectivity index (χ1n) is 7.56. The highest BCUT2D eigenvalue weighted by Crippen LogP contribution is 2.20. The third kappa shape index (κ3) is 5.89. The van der Waals surface area contributed by atoms with Gasteiger partial charge in [-0.05, 0) is 31.9 Å². The number of hydrogen-bond acceptors (Lipinski definition) is 5. The Morgan fingerprint density at radius 2 is 2.17 bits per heavy atom. The van der Waals surface area contributed by atoms with E-state index in [2.05, 4.69) is 5.32 Å². The van der Waals surface area contributed by atoms with E-state index in [1.54, 1.807) is 7.11 Å². The fourth-order valence-electron chi connectivity index (χ4n) is 2.38. The highest BCUT2D eigenvalue weighted by Gasteiger charge is 2.29. The van der Waals surface area contributed by atoms with Crippen LogP contribution < -0.4 is 20.5 Å². The summed E-state index contributed by atoms with van der Waals surface area (Å²) in [5.41, 5.74) is 5.54. The number of methoxy groups -OCH3 is 1. The fourth-order valence-corrected chi connectivity index (χ4v) is 2.38. The molecule has 0 spiro atoms. The topological polar surface area (TPSA) is 82.8 Å². The van der Waals surface area contributed by atoms with E-state index in [0.717, 1.165) is 18.6 Å². The Labute approximate surface area is 143 Å². The Hall–Kier alpha value is -1.50. The number of carbonyl (C=O) groups excluding carboxylic acids is 1. The molecule has 6 nitrogen and oxygen atoms in total. The van der Waals surface area contributed by atoms with E-state index in [-0.39, 0.29) is 30.5 Å². The molecule has 1 aliphatic rings. The van der Waals surface area contributed by atoms with Crippen LogP contribution in [0.1, 0.15) is 19.8 Å². The average Bonchev–Trinajstić information content (AvgIpc) is 3.02. The predicted octanol–water partition coefficient (Wildman–Crippen LogP) is 1.51. The number of ether oxygens (including phenoxy) is 3. The van der Waals surface area contributed by atoms with Crippen molar-refractivity contribution in [1.29, 1.82) is 0 Å². The molecule has 2 rings (SSSR count). The molecule has 23 heavy (non-hydrogen) atoms. The quantitative estimate of drug-likeness (QED) is 0.783. The Morgan fingerprint density at radius 3 is 2.83 bits per heavy atom. The van der Waals surface area contributed by atoms with Crippen molar-refractivity contribution in [1.82, 2.24) is 5.32 Å². The van der Waals surface area contributed by atoms with Crippen LogP contribution >= 0.6 is 12.4 Å². The number of rotatable bonds is 7. The van der Waals surface area contributed by atoms with Crippen LogP contribution in [0.4, 0.5) is 0 Å². The van der Waals surface area contributed by atoms with E-state index >= 15 is 0 Å². The van der Waals surface area contributed by atoms with Gasteiger partial charge in [0.2, 0.25) is 5.91 Å². The molecule has 0 aromatic heterocycles. The van der Waals surface area contributed by atoms with Gasteiger partial charge in [-0.3, -0.25) is 4.79 Å². The van der Waals surface area contributed by atoms with Crippen molar-refractivity contribution in [2.45, 2.75) is 38.1 Å². The zero-order valence-corrected chi connectivity index (χ0v) is 14.3. The van der Waals surface area contributed by atoms with Gasteiger partial charge in [0.1, 0.15) is 23.7 Å². The molecule has 0 bridgehead atoms. The van der Waals surface area contributed by atoms with Gasteiger partial charge in [-0.2, -0.15) is 0 Å². The monoisotopic (exact) mass is 344 g/mol. The SMILES string of the molecule is COc1cccc(OC(C)CNC(=O)[C@@H]2CC[C@H](CN)O2)c1.Cl. The number of nitrogens with one attached hydrogen (secondary N) is 1. The maximum absolute atomic E-state index is 12.0. The van der Waals surface area contributed by atoms with Crippen LogP contribution in [0, 0.1) is 0 Å². The second-order valence-corrected chi connectivity index (χ2v) is 5.41. The molecule has 0 aliphatic carbocycles. The zero-order valence-electron chi connectivity index (χ0n) is 13.5. The number of hydrogen-bond donors (Lipinski definition) is 2. The third-order valence-corrected chi connectivity index (χ3v) is 3.61. The van der Waals surface area contributed by atoms with Gasteiger partial charge >= 0.3 is 0 Å². The summed E-state index contributed by atoms with van der Waals surface area (Å²) in [6.07, 6.45) is 1.02. The molecule has 1 aromatic rings. The van der Waals surface area contributed by atoms with Crippen molar-refractivity contribution in [3.8, 4) is 11.5 Å². The largest absolute Gasteiger partial charge is 0.497 e. The lowest BCUT2D eigenvalue weighted by atomic mass is 10.2. The second-order valence-electron chi connectivity index (χ2n) is 5.41.